The molecule has 6 rings (SSSR count). The van der Waals surface area contributed by atoms with Crippen molar-refractivity contribution in [1.29, 1.82) is 0 Å². The van der Waals surface area contributed by atoms with Gasteiger partial charge in [0.15, 0.2) is 0 Å². The van der Waals surface area contributed by atoms with Crippen LogP contribution in [0.4, 0.5) is 0 Å². The Bertz CT molecular complexity index is 1500. The Morgan fingerprint density at radius 2 is 1.94 bits per heavy atom. The maximum Gasteiger partial charge on any atom is 0.252 e. The van der Waals surface area contributed by atoms with E-state index in [4.69, 9.17) is 4.98 Å². The molecule has 3 aromatic heterocycles. The zero-order valence-electron chi connectivity index (χ0n) is 18.3. The van der Waals surface area contributed by atoms with Crippen LogP contribution in [0.1, 0.15) is 38.5 Å². The van der Waals surface area contributed by atoms with Gasteiger partial charge in [-0.25, -0.2) is 14.6 Å². The highest BCUT2D eigenvalue weighted by atomic mass is 32.1. The fourth-order valence-corrected chi connectivity index (χ4v) is 5.14. The minimum Gasteiger partial charge on any atom is -0.348 e. The first-order valence-corrected chi connectivity index (χ1v) is 12.0. The molecule has 1 aliphatic carbocycles. The number of pyridine rings is 1. The molecule has 0 atom stereocenters. The van der Waals surface area contributed by atoms with E-state index in [0.29, 0.717) is 6.54 Å². The predicted molar refractivity (Wildman–Crippen MR) is 135 cm³/mol. The van der Waals surface area contributed by atoms with E-state index in [2.05, 4.69) is 39.0 Å². The molecule has 0 aliphatic heterocycles. The Morgan fingerprint density at radius 3 is 2.74 bits per heavy atom. The first kappa shape index (κ1) is 20.5. The molecule has 7 heteroatoms. The average molecular weight is 464 g/mol. The Labute approximate surface area is 200 Å². The Kier molecular flexibility index (Phi) is 5.24. The number of carbonyl (C=O) groups excluding carboxylic acids is 1. The van der Waals surface area contributed by atoms with Crippen LogP contribution in [0, 0.1) is 0 Å². The van der Waals surface area contributed by atoms with E-state index < -0.39 is 0 Å². The van der Waals surface area contributed by atoms with E-state index in [-0.39, 0.29) is 5.91 Å². The fourth-order valence-electron chi connectivity index (χ4n) is 4.46. The molecular weight excluding hydrogens is 442 g/mol. The Balaban J connectivity index is 1.31. The van der Waals surface area contributed by atoms with Crippen molar-refractivity contribution in [1.82, 2.24) is 25.1 Å². The van der Waals surface area contributed by atoms with E-state index in [0.717, 1.165) is 51.8 Å². The van der Waals surface area contributed by atoms with Gasteiger partial charge in [-0.2, -0.15) is 5.10 Å². The van der Waals surface area contributed by atoms with Crippen LogP contribution in [-0.4, -0.2) is 25.7 Å². The molecular formula is C27H21N5OS. The molecule has 1 amide bonds. The van der Waals surface area contributed by atoms with Gasteiger partial charge in [-0.1, -0.05) is 36.4 Å². The number of nitrogens with one attached hydrogen (secondary N) is 1. The van der Waals surface area contributed by atoms with E-state index in [1.165, 1.54) is 16.8 Å². The highest BCUT2D eigenvalue weighted by Crippen LogP contribution is 2.37. The van der Waals surface area contributed by atoms with Gasteiger partial charge in [-0.15, -0.1) is 11.3 Å². The van der Waals surface area contributed by atoms with Crippen molar-refractivity contribution < 1.29 is 4.79 Å². The van der Waals surface area contributed by atoms with Gasteiger partial charge >= 0.3 is 0 Å². The molecule has 34 heavy (non-hydrogen) atoms. The van der Waals surface area contributed by atoms with Crippen LogP contribution in [0.15, 0.2) is 78.7 Å². The largest absolute Gasteiger partial charge is 0.348 e. The molecule has 166 valence electrons. The smallest absolute Gasteiger partial charge is 0.252 e. The molecule has 0 saturated heterocycles. The number of para-hydroxylation sites is 1. The highest BCUT2D eigenvalue weighted by Gasteiger charge is 2.26. The second-order valence-corrected chi connectivity index (χ2v) is 9.18. The van der Waals surface area contributed by atoms with E-state index in [1.807, 2.05) is 48.5 Å². The minimum absolute atomic E-state index is 0.0624. The maximum atomic E-state index is 13.5. The lowest BCUT2D eigenvalue weighted by Gasteiger charge is -2.13. The van der Waals surface area contributed by atoms with Crippen LogP contribution in [0.25, 0.3) is 28.2 Å². The van der Waals surface area contributed by atoms with Gasteiger partial charge < -0.3 is 5.32 Å². The molecule has 3 heterocycles. The number of hydrogen-bond donors (Lipinski definition) is 1. The van der Waals surface area contributed by atoms with Crippen LogP contribution >= 0.6 is 11.3 Å². The number of rotatable bonds is 5. The zero-order valence-corrected chi connectivity index (χ0v) is 19.1. The number of thiophene rings is 1. The quantitative estimate of drug-likeness (QED) is 0.384. The molecule has 2 aromatic carbocycles. The van der Waals surface area contributed by atoms with Crippen molar-refractivity contribution in [2.45, 2.75) is 19.4 Å². The number of allylic oxidation sites excluding steroid dienone is 1. The summed E-state index contributed by atoms with van der Waals surface area (Å²) in [5.41, 5.74) is 6.73. The third-order valence-electron chi connectivity index (χ3n) is 6.10. The third kappa shape index (κ3) is 3.80. The molecule has 6 nitrogen and oxygen atoms in total. The summed E-state index contributed by atoms with van der Waals surface area (Å²) in [6.45, 7) is 0.444. The van der Waals surface area contributed by atoms with E-state index in [9.17, 15) is 4.79 Å². The summed E-state index contributed by atoms with van der Waals surface area (Å²) in [4.78, 5) is 23.6. The summed E-state index contributed by atoms with van der Waals surface area (Å²) in [5, 5.41) is 10.3. The maximum absolute atomic E-state index is 13.5. The van der Waals surface area contributed by atoms with Gasteiger partial charge in [0.2, 0.25) is 0 Å². The van der Waals surface area contributed by atoms with Crippen molar-refractivity contribution in [3.63, 3.8) is 0 Å². The van der Waals surface area contributed by atoms with Crippen molar-refractivity contribution in [2.75, 3.05) is 0 Å². The first-order valence-electron chi connectivity index (χ1n) is 11.1. The molecule has 1 aliphatic rings. The lowest BCUT2D eigenvalue weighted by molar-refractivity contribution is 0.0951. The molecule has 0 saturated carbocycles. The normalized spacial score (nSPS) is 13.9. The van der Waals surface area contributed by atoms with Gasteiger partial charge in [-0.3, -0.25) is 4.79 Å². The summed E-state index contributed by atoms with van der Waals surface area (Å²) in [6, 6.07) is 20.0. The second-order valence-electron chi connectivity index (χ2n) is 8.21. The molecule has 0 fully saturated rings. The number of hydrogen-bond acceptors (Lipinski definition) is 5. The third-order valence-corrected chi connectivity index (χ3v) is 6.92. The summed E-state index contributed by atoms with van der Waals surface area (Å²) in [5.74, 6) is -0.0624. The number of amides is 1. The Morgan fingerprint density at radius 1 is 1.06 bits per heavy atom. The summed E-state index contributed by atoms with van der Waals surface area (Å²) in [7, 11) is 0. The van der Waals surface area contributed by atoms with Crippen LogP contribution in [0.3, 0.4) is 0 Å². The fraction of sp³-hybridized carbons (Fsp3) is 0.111. The minimum atomic E-state index is -0.0624. The molecule has 0 bridgehead atoms. The van der Waals surface area contributed by atoms with Gasteiger partial charge in [0, 0.05) is 16.8 Å². The lowest BCUT2D eigenvalue weighted by atomic mass is 10.00. The summed E-state index contributed by atoms with van der Waals surface area (Å²) < 4.78 is 1.70. The number of benzene rings is 2. The van der Waals surface area contributed by atoms with Crippen molar-refractivity contribution >= 4 is 39.8 Å². The molecule has 5 aromatic rings. The van der Waals surface area contributed by atoms with Crippen LogP contribution in [-0.2, 0) is 13.0 Å². The van der Waals surface area contributed by atoms with Gasteiger partial charge in [-0.05, 0) is 65.3 Å². The van der Waals surface area contributed by atoms with Gasteiger partial charge in [0.05, 0.1) is 22.5 Å². The van der Waals surface area contributed by atoms with Crippen LogP contribution in [0.5, 0.6) is 0 Å². The van der Waals surface area contributed by atoms with E-state index in [1.54, 1.807) is 22.3 Å². The number of carbonyl (C=O) groups is 1. The van der Waals surface area contributed by atoms with E-state index >= 15 is 0 Å². The van der Waals surface area contributed by atoms with Crippen molar-refractivity contribution in [3.8, 4) is 5.69 Å². The molecule has 0 radical (unpaired) electrons. The topological polar surface area (TPSA) is 72.7 Å². The number of fused-ring (bicyclic) bond motifs is 2. The van der Waals surface area contributed by atoms with Gasteiger partial charge in [0.25, 0.3) is 5.91 Å². The summed E-state index contributed by atoms with van der Waals surface area (Å²) in [6.07, 6.45) is 7.08. The predicted octanol–water partition coefficient (Wildman–Crippen LogP) is 5.29. The van der Waals surface area contributed by atoms with Crippen LogP contribution < -0.4 is 5.32 Å². The van der Waals surface area contributed by atoms with Crippen LogP contribution in [0.2, 0.25) is 0 Å². The highest BCUT2D eigenvalue weighted by molar-refractivity contribution is 7.10. The summed E-state index contributed by atoms with van der Waals surface area (Å²) >= 11 is 1.71. The second kappa shape index (κ2) is 8.68. The monoisotopic (exact) mass is 463 g/mol. The number of nitrogens with zero attached hydrogens (tertiary/aromatic N) is 4. The lowest BCUT2D eigenvalue weighted by Crippen LogP contribution is -2.24. The first-order chi connectivity index (χ1) is 16.8. The molecule has 1 N–H and O–H groups in total. The SMILES string of the molecule is O=C(NCc1ccc(-n2cncn2)cc1)c1c2c(nc3ccccc13)/C(=C/c1cccs1)CC2. The standard InChI is InChI=1S/C27H21N5OS/c33-27(29-15-18-7-10-20(11-8-18)32-17-28-16-30-32)25-22-5-1-2-6-24(22)31-26-19(9-12-23(25)26)14-21-4-3-13-34-21/h1-8,10-11,13-14,16-17H,9,12,15H2,(H,29,33)/b19-14+. The molecule has 0 unspecified atom stereocenters. The average Bonchev–Trinajstić information content (AvgIpc) is 3.65. The molecule has 0 spiro atoms. The Hall–Kier alpha value is -4.10. The zero-order chi connectivity index (χ0) is 22.9. The van der Waals surface area contributed by atoms with Gasteiger partial charge in [0.1, 0.15) is 12.7 Å². The van der Waals surface area contributed by atoms with Crippen molar-refractivity contribution in [3.05, 3.63) is 106 Å². The van der Waals surface area contributed by atoms with Crippen molar-refractivity contribution in [2.24, 2.45) is 0 Å². The number of aromatic nitrogens is 4.